The molecule has 0 saturated carbocycles. The van der Waals surface area contributed by atoms with Gasteiger partial charge in [0.2, 0.25) is 16.8 Å². The first-order chi connectivity index (χ1) is 13.8. The molecule has 8 nitrogen and oxygen atoms in total. The van der Waals surface area contributed by atoms with E-state index in [1.165, 1.54) is 4.31 Å². The first kappa shape index (κ1) is 19.4. The van der Waals surface area contributed by atoms with Crippen LogP contribution in [0.3, 0.4) is 0 Å². The Morgan fingerprint density at radius 1 is 1.14 bits per heavy atom. The number of anilines is 1. The molecule has 0 radical (unpaired) electrons. The predicted molar refractivity (Wildman–Crippen MR) is 107 cm³/mol. The van der Waals surface area contributed by atoms with Crippen LogP contribution in [0.2, 0.25) is 0 Å². The summed E-state index contributed by atoms with van der Waals surface area (Å²) in [6, 6.07) is 10.8. The molecule has 4 rings (SSSR count). The van der Waals surface area contributed by atoms with Crippen LogP contribution in [0.4, 0.5) is 5.69 Å². The first-order valence-corrected chi connectivity index (χ1v) is 11.1. The van der Waals surface area contributed by atoms with Gasteiger partial charge in [-0.15, -0.1) is 0 Å². The molecule has 0 spiro atoms. The van der Waals surface area contributed by atoms with Crippen molar-refractivity contribution < 1.29 is 27.4 Å². The number of fused-ring (bicyclic) bond motifs is 2. The summed E-state index contributed by atoms with van der Waals surface area (Å²) in [4.78, 5) is 12.7. The summed E-state index contributed by atoms with van der Waals surface area (Å²) in [6.45, 7) is 2.53. The Labute approximate surface area is 169 Å². The highest BCUT2D eigenvalue weighted by Gasteiger charge is 2.31. The molecule has 0 fully saturated rings. The van der Waals surface area contributed by atoms with E-state index in [0.29, 0.717) is 29.5 Å². The maximum Gasteiger partial charge on any atom is 0.261 e. The maximum atomic E-state index is 12.7. The lowest BCUT2D eigenvalue weighted by atomic mass is 10.2. The fourth-order valence-electron chi connectivity index (χ4n) is 3.37. The van der Waals surface area contributed by atoms with Crippen LogP contribution in [-0.4, -0.2) is 40.0 Å². The van der Waals surface area contributed by atoms with E-state index in [1.807, 2.05) is 25.1 Å². The maximum absolute atomic E-state index is 12.7. The summed E-state index contributed by atoms with van der Waals surface area (Å²) in [5.74, 6) is 1.40. The molecule has 1 N–H and O–H groups in total. The summed E-state index contributed by atoms with van der Waals surface area (Å²) >= 11 is 0. The number of benzene rings is 2. The van der Waals surface area contributed by atoms with Gasteiger partial charge in [0.05, 0.1) is 11.9 Å². The van der Waals surface area contributed by atoms with E-state index in [1.54, 1.807) is 18.2 Å². The van der Waals surface area contributed by atoms with E-state index in [2.05, 4.69) is 5.32 Å². The monoisotopic (exact) mass is 418 g/mol. The Morgan fingerprint density at radius 2 is 1.90 bits per heavy atom. The number of hydrogen-bond donors (Lipinski definition) is 1. The van der Waals surface area contributed by atoms with Crippen molar-refractivity contribution in [1.29, 1.82) is 0 Å². The Balaban J connectivity index is 1.49. The van der Waals surface area contributed by atoms with Crippen LogP contribution < -0.4 is 23.8 Å². The van der Waals surface area contributed by atoms with E-state index in [9.17, 15) is 13.2 Å². The number of hydrogen-bond acceptors (Lipinski definition) is 6. The van der Waals surface area contributed by atoms with Crippen LogP contribution in [0.15, 0.2) is 36.4 Å². The van der Waals surface area contributed by atoms with Gasteiger partial charge in [0.25, 0.3) is 5.91 Å². The summed E-state index contributed by atoms with van der Waals surface area (Å²) in [6.07, 6.45) is 0.602. The van der Waals surface area contributed by atoms with Crippen LogP contribution in [-0.2, 0) is 21.4 Å². The van der Waals surface area contributed by atoms with Gasteiger partial charge in [-0.05, 0) is 42.3 Å². The molecule has 1 amide bonds. The fourth-order valence-corrected chi connectivity index (χ4v) is 4.31. The third-order valence-corrected chi connectivity index (χ3v) is 6.02. The molecular formula is C20H22N2O6S. The molecule has 0 saturated heterocycles. The molecule has 9 heteroatoms. The summed E-state index contributed by atoms with van der Waals surface area (Å²) in [5, 5.41) is 2.86. The Kier molecular flexibility index (Phi) is 4.99. The zero-order valence-electron chi connectivity index (χ0n) is 16.2. The molecule has 2 aliphatic rings. The lowest BCUT2D eigenvalue weighted by molar-refractivity contribution is -0.128. The second-order valence-electron chi connectivity index (χ2n) is 7.11. The minimum absolute atomic E-state index is 0.164. The molecule has 2 heterocycles. The van der Waals surface area contributed by atoms with Gasteiger partial charge in [-0.2, -0.15) is 0 Å². The standard InChI is InChI=1S/C20H22N2O6S/c1-13-3-5-16-15(9-13)22(29(2,24)25)8-7-18(28-16)20(23)21-11-14-4-6-17-19(10-14)27-12-26-17/h3-6,9-10,18H,7-8,11-12H2,1-2H3,(H,21,23)/t18-/m1/s1. The van der Waals surface area contributed by atoms with Gasteiger partial charge in [-0.25, -0.2) is 8.42 Å². The van der Waals surface area contributed by atoms with E-state index in [4.69, 9.17) is 14.2 Å². The van der Waals surface area contributed by atoms with Crippen molar-refractivity contribution in [3.63, 3.8) is 0 Å². The van der Waals surface area contributed by atoms with Crippen molar-refractivity contribution in [2.75, 3.05) is 23.9 Å². The largest absolute Gasteiger partial charge is 0.478 e. The summed E-state index contributed by atoms with van der Waals surface area (Å²) in [5.41, 5.74) is 2.23. The molecule has 1 atom stereocenters. The van der Waals surface area contributed by atoms with Crippen molar-refractivity contribution in [3.05, 3.63) is 47.5 Å². The minimum Gasteiger partial charge on any atom is -0.478 e. The van der Waals surface area contributed by atoms with E-state index in [0.717, 1.165) is 17.4 Å². The topological polar surface area (TPSA) is 94.2 Å². The van der Waals surface area contributed by atoms with Crippen LogP contribution >= 0.6 is 0 Å². The Bertz CT molecular complexity index is 1050. The average molecular weight is 418 g/mol. The molecule has 2 aromatic rings. The van der Waals surface area contributed by atoms with Crippen LogP contribution in [0.25, 0.3) is 0 Å². The molecule has 2 aromatic carbocycles. The van der Waals surface area contributed by atoms with Gasteiger partial charge in [-0.3, -0.25) is 9.10 Å². The van der Waals surface area contributed by atoms with Gasteiger partial charge >= 0.3 is 0 Å². The van der Waals surface area contributed by atoms with Crippen molar-refractivity contribution >= 4 is 21.6 Å². The Hall–Kier alpha value is -2.94. The van der Waals surface area contributed by atoms with E-state index in [-0.39, 0.29) is 25.7 Å². The molecular weight excluding hydrogens is 396 g/mol. The van der Waals surface area contributed by atoms with E-state index >= 15 is 0 Å². The number of ether oxygens (including phenoxy) is 3. The van der Waals surface area contributed by atoms with Crippen molar-refractivity contribution in [2.45, 2.75) is 26.0 Å². The van der Waals surface area contributed by atoms with Gasteiger partial charge in [0.1, 0.15) is 5.75 Å². The van der Waals surface area contributed by atoms with Crippen molar-refractivity contribution in [2.24, 2.45) is 0 Å². The van der Waals surface area contributed by atoms with Gasteiger partial charge in [0, 0.05) is 19.5 Å². The van der Waals surface area contributed by atoms with Gasteiger partial charge < -0.3 is 19.5 Å². The highest BCUT2D eigenvalue weighted by Crippen LogP contribution is 2.35. The highest BCUT2D eigenvalue weighted by atomic mass is 32.2. The molecule has 0 unspecified atom stereocenters. The van der Waals surface area contributed by atoms with Crippen molar-refractivity contribution in [3.8, 4) is 17.2 Å². The average Bonchev–Trinajstić information content (AvgIpc) is 3.04. The molecule has 0 aliphatic carbocycles. The Morgan fingerprint density at radius 3 is 2.69 bits per heavy atom. The number of carbonyl (C=O) groups excluding carboxylic acids is 1. The third-order valence-electron chi connectivity index (χ3n) is 4.84. The molecule has 0 aromatic heterocycles. The fraction of sp³-hybridized carbons (Fsp3) is 0.350. The predicted octanol–water partition coefficient (Wildman–Crippen LogP) is 1.96. The van der Waals surface area contributed by atoms with Gasteiger partial charge in [0.15, 0.2) is 17.6 Å². The molecule has 29 heavy (non-hydrogen) atoms. The van der Waals surface area contributed by atoms with E-state index < -0.39 is 16.1 Å². The number of rotatable bonds is 4. The molecule has 0 bridgehead atoms. The smallest absolute Gasteiger partial charge is 0.261 e. The number of nitrogens with one attached hydrogen (secondary N) is 1. The lowest BCUT2D eigenvalue weighted by Crippen LogP contribution is -2.39. The second-order valence-corrected chi connectivity index (χ2v) is 9.01. The lowest BCUT2D eigenvalue weighted by Gasteiger charge is -2.21. The number of nitrogens with zero attached hydrogens (tertiary/aromatic N) is 1. The second kappa shape index (κ2) is 7.47. The van der Waals surface area contributed by atoms with Gasteiger partial charge in [-0.1, -0.05) is 12.1 Å². The zero-order chi connectivity index (χ0) is 20.6. The number of aryl methyl sites for hydroxylation is 1. The highest BCUT2D eigenvalue weighted by molar-refractivity contribution is 7.92. The van der Waals surface area contributed by atoms with Crippen LogP contribution in [0.1, 0.15) is 17.5 Å². The minimum atomic E-state index is -3.49. The zero-order valence-corrected chi connectivity index (χ0v) is 17.0. The number of carbonyl (C=O) groups is 1. The molecule has 2 aliphatic heterocycles. The third kappa shape index (κ3) is 4.09. The first-order valence-electron chi connectivity index (χ1n) is 9.22. The SMILES string of the molecule is Cc1ccc2c(c1)N(S(C)(=O)=O)CC[C@H](C(=O)NCc1ccc3c(c1)OCO3)O2. The van der Waals surface area contributed by atoms with Crippen LogP contribution in [0.5, 0.6) is 17.2 Å². The quantitative estimate of drug-likeness (QED) is 0.816. The summed E-state index contributed by atoms with van der Waals surface area (Å²) < 4.78 is 42.3. The normalized spacial score (nSPS) is 17.9. The van der Waals surface area contributed by atoms with Crippen molar-refractivity contribution in [1.82, 2.24) is 5.32 Å². The molecule has 154 valence electrons. The number of amides is 1. The number of sulfonamides is 1. The summed E-state index contributed by atoms with van der Waals surface area (Å²) in [7, 11) is -3.49. The van der Waals surface area contributed by atoms with Crippen LogP contribution in [0, 0.1) is 6.92 Å².